The van der Waals surface area contributed by atoms with E-state index in [9.17, 15) is 13.2 Å². The Hall–Kier alpha value is -2.18. The zero-order chi connectivity index (χ0) is 19.3. The van der Waals surface area contributed by atoms with Gasteiger partial charge in [0.2, 0.25) is 0 Å². The van der Waals surface area contributed by atoms with Gasteiger partial charge in [-0.15, -0.1) is 0 Å². The van der Waals surface area contributed by atoms with Crippen LogP contribution in [0.5, 0.6) is 0 Å². The van der Waals surface area contributed by atoms with Gasteiger partial charge < -0.3 is 10.2 Å². The number of hydrogen-bond donors (Lipinski definition) is 1. The van der Waals surface area contributed by atoms with Crippen molar-refractivity contribution in [1.29, 1.82) is 0 Å². The zero-order valence-electron chi connectivity index (χ0n) is 15.6. The van der Waals surface area contributed by atoms with Gasteiger partial charge in [-0.25, -0.2) is 8.42 Å². The molecule has 0 radical (unpaired) electrons. The van der Waals surface area contributed by atoms with E-state index in [0.29, 0.717) is 21.9 Å². The Morgan fingerprint density at radius 1 is 1.07 bits per heavy atom. The quantitative estimate of drug-likeness (QED) is 0.829. The SMILES string of the molecule is CNCC1CCN(C(=O)c2cccc(CS(=O)(=O)c3ccccc3)c2)CC1. The third kappa shape index (κ3) is 4.96. The van der Waals surface area contributed by atoms with E-state index in [1.165, 1.54) is 0 Å². The summed E-state index contributed by atoms with van der Waals surface area (Å²) in [5.41, 5.74) is 1.19. The summed E-state index contributed by atoms with van der Waals surface area (Å²) in [6.45, 7) is 2.48. The number of rotatable bonds is 6. The maximum Gasteiger partial charge on any atom is 0.253 e. The van der Waals surface area contributed by atoms with Crippen LogP contribution < -0.4 is 5.32 Å². The molecule has 0 spiro atoms. The molecule has 1 aliphatic heterocycles. The van der Waals surface area contributed by atoms with E-state index in [4.69, 9.17) is 0 Å². The minimum Gasteiger partial charge on any atom is -0.339 e. The van der Waals surface area contributed by atoms with E-state index in [1.807, 2.05) is 11.9 Å². The second kappa shape index (κ2) is 8.67. The van der Waals surface area contributed by atoms with Crippen molar-refractivity contribution in [3.05, 3.63) is 65.7 Å². The number of sulfone groups is 1. The first kappa shape index (κ1) is 19.6. The van der Waals surface area contributed by atoms with Crippen LogP contribution in [-0.4, -0.2) is 45.9 Å². The number of carbonyl (C=O) groups is 1. The topological polar surface area (TPSA) is 66.5 Å². The molecule has 1 aliphatic rings. The van der Waals surface area contributed by atoms with Gasteiger partial charge >= 0.3 is 0 Å². The van der Waals surface area contributed by atoms with Crippen molar-refractivity contribution < 1.29 is 13.2 Å². The summed E-state index contributed by atoms with van der Waals surface area (Å²) in [7, 11) is -1.48. The van der Waals surface area contributed by atoms with Gasteiger partial charge in [0, 0.05) is 18.7 Å². The van der Waals surface area contributed by atoms with Gasteiger partial charge in [-0.3, -0.25) is 4.79 Å². The molecule has 0 aliphatic carbocycles. The number of carbonyl (C=O) groups excluding carboxylic acids is 1. The zero-order valence-corrected chi connectivity index (χ0v) is 16.4. The van der Waals surface area contributed by atoms with Crippen LogP contribution in [0.1, 0.15) is 28.8 Å². The number of amides is 1. The average Bonchev–Trinajstić information content (AvgIpc) is 2.69. The van der Waals surface area contributed by atoms with Crippen LogP contribution in [0.25, 0.3) is 0 Å². The lowest BCUT2D eigenvalue weighted by atomic mass is 9.96. The molecule has 0 bridgehead atoms. The average molecular weight is 387 g/mol. The fourth-order valence-corrected chi connectivity index (χ4v) is 4.89. The molecule has 1 N–H and O–H groups in total. The monoisotopic (exact) mass is 386 g/mol. The lowest BCUT2D eigenvalue weighted by Gasteiger charge is -2.32. The molecule has 6 heteroatoms. The van der Waals surface area contributed by atoms with Gasteiger partial charge in [0.05, 0.1) is 10.6 Å². The van der Waals surface area contributed by atoms with Crippen molar-refractivity contribution in [1.82, 2.24) is 10.2 Å². The molecular weight excluding hydrogens is 360 g/mol. The Bertz CT molecular complexity index is 873. The molecule has 1 amide bonds. The van der Waals surface area contributed by atoms with Crippen LogP contribution in [-0.2, 0) is 15.6 Å². The molecule has 1 heterocycles. The van der Waals surface area contributed by atoms with Gasteiger partial charge in [0.1, 0.15) is 0 Å². The van der Waals surface area contributed by atoms with Crippen LogP contribution >= 0.6 is 0 Å². The van der Waals surface area contributed by atoms with E-state index >= 15 is 0 Å². The highest BCUT2D eigenvalue weighted by Crippen LogP contribution is 2.21. The molecule has 1 saturated heterocycles. The Kier molecular flexibility index (Phi) is 6.29. The Balaban J connectivity index is 1.70. The standard InChI is InChI=1S/C21H26N2O3S/c1-22-15-17-10-12-23(13-11-17)21(24)19-7-5-6-18(14-19)16-27(25,26)20-8-3-2-4-9-20/h2-9,14,17,22H,10-13,15-16H2,1H3. The Morgan fingerprint density at radius 3 is 2.44 bits per heavy atom. The Labute approximate surface area is 161 Å². The molecule has 2 aromatic carbocycles. The van der Waals surface area contributed by atoms with Crippen LogP contribution in [0, 0.1) is 5.92 Å². The van der Waals surface area contributed by atoms with Gasteiger partial charge in [0.25, 0.3) is 5.91 Å². The predicted molar refractivity (Wildman–Crippen MR) is 106 cm³/mol. The van der Waals surface area contributed by atoms with Gasteiger partial charge in [0.15, 0.2) is 9.84 Å². The number of hydrogen-bond acceptors (Lipinski definition) is 4. The van der Waals surface area contributed by atoms with Crippen molar-refractivity contribution in [2.75, 3.05) is 26.7 Å². The van der Waals surface area contributed by atoms with E-state index in [-0.39, 0.29) is 11.7 Å². The summed E-state index contributed by atoms with van der Waals surface area (Å²) in [5.74, 6) is 0.487. The van der Waals surface area contributed by atoms with E-state index < -0.39 is 9.84 Å². The van der Waals surface area contributed by atoms with E-state index in [2.05, 4.69) is 5.32 Å². The van der Waals surface area contributed by atoms with Crippen molar-refractivity contribution in [2.24, 2.45) is 5.92 Å². The maximum absolute atomic E-state index is 12.8. The number of nitrogens with one attached hydrogen (secondary N) is 1. The van der Waals surface area contributed by atoms with Crippen molar-refractivity contribution in [2.45, 2.75) is 23.5 Å². The third-order valence-corrected chi connectivity index (χ3v) is 6.73. The second-order valence-electron chi connectivity index (χ2n) is 7.07. The molecule has 1 fully saturated rings. The summed E-state index contributed by atoms with van der Waals surface area (Å²) < 4.78 is 25.2. The molecule has 144 valence electrons. The van der Waals surface area contributed by atoms with Gasteiger partial charge in [-0.1, -0.05) is 30.3 Å². The highest BCUT2D eigenvalue weighted by atomic mass is 32.2. The number of likely N-dealkylation sites (tertiary alicyclic amines) is 1. The van der Waals surface area contributed by atoms with E-state index in [1.54, 1.807) is 54.6 Å². The minimum absolute atomic E-state index is 0.0168. The summed E-state index contributed by atoms with van der Waals surface area (Å²) in [6.07, 6.45) is 1.99. The molecule has 0 saturated carbocycles. The first-order chi connectivity index (χ1) is 13.0. The predicted octanol–water partition coefficient (Wildman–Crippen LogP) is 2.73. The second-order valence-corrected chi connectivity index (χ2v) is 9.06. The maximum atomic E-state index is 12.8. The van der Waals surface area contributed by atoms with Gasteiger partial charge in [-0.05, 0) is 62.2 Å². The molecule has 2 aromatic rings. The minimum atomic E-state index is -3.43. The van der Waals surface area contributed by atoms with Crippen molar-refractivity contribution in [3.8, 4) is 0 Å². The summed E-state index contributed by atoms with van der Waals surface area (Å²) in [6, 6.07) is 15.4. The molecule has 0 atom stereocenters. The summed E-state index contributed by atoms with van der Waals surface area (Å²) in [5, 5.41) is 3.20. The fraction of sp³-hybridized carbons (Fsp3) is 0.381. The normalized spacial score (nSPS) is 15.7. The van der Waals surface area contributed by atoms with Crippen LogP contribution in [0.15, 0.2) is 59.5 Å². The Morgan fingerprint density at radius 2 is 1.78 bits per heavy atom. The molecule has 3 rings (SSSR count). The van der Waals surface area contributed by atoms with E-state index in [0.717, 1.165) is 32.5 Å². The van der Waals surface area contributed by atoms with Crippen molar-refractivity contribution >= 4 is 15.7 Å². The van der Waals surface area contributed by atoms with Crippen molar-refractivity contribution in [3.63, 3.8) is 0 Å². The lowest BCUT2D eigenvalue weighted by Crippen LogP contribution is -2.40. The first-order valence-corrected chi connectivity index (χ1v) is 11.0. The molecule has 5 nitrogen and oxygen atoms in total. The third-order valence-electron chi connectivity index (χ3n) is 5.03. The summed E-state index contributed by atoms with van der Waals surface area (Å²) >= 11 is 0. The first-order valence-electron chi connectivity index (χ1n) is 9.30. The van der Waals surface area contributed by atoms with Crippen LogP contribution in [0.3, 0.4) is 0 Å². The largest absolute Gasteiger partial charge is 0.339 e. The van der Waals surface area contributed by atoms with Crippen LogP contribution in [0.4, 0.5) is 0 Å². The highest BCUT2D eigenvalue weighted by molar-refractivity contribution is 7.90. The number of piperidine rings is 1. The lowest BCUT2D eigenvalue weighted by molar-refractivity contribution is 0.0691. The molecule has 0 aromatic heterocycles. The number of benzene rings is 2. The molecule has 27 heavy (non-hydrogen) atoms. The highest BCUT2D eigenvalue weighted by Gasteiger charge is 2.24. The summed E-state index contributed by atoms with van der Waals surface area (Å²) in [4.78, 5) is 15.0. The van der Waals surface area contributed by atoms with Gasteiger partial charge in [-0.2, -0.15) is 0 Å². The molecular formula is C21H26N2O3S. The fourth-order valence-electron chi connectivity index (χ4n) is 3.54. The molecule has 0 unspecified atom stereocenters. The van der Waals surface area contributed by atoms with Crippen LogP contribution in [0.2, 0.25) is 0 Å². The number of nitrogens with zero attached hydrogens (tertiary/aromatic N) is 1. The smallest absolute Gasteiger partial charge is 0.253 e.